The van der Waals surface area contributed by atoms with Crippen LogP contribution in [-0.2, 0) is 4.74 Å². The van der Waals surface area contributed by atoms with E-state index < -0.39 is 6.10 Å². The second-order valence-corrected chi connectivity index (χ2v) is 4.50. The molecule has 0 saturated carbocycles. The van der Waals surface area contributed by atoms with Gasteiger partial charge in [0.25, 0.3) is 0 Å². The van der Waals surface area contributed by atoms with Crippen molar-refractivity contribution in [1.29, 1.82) is 0 Å². The first-order valence-corrected chi connectivity index (χ1v) is 5.65. The number of benzene rings is 1. The lowest BCUT2D eigenvalue weighted by atomic mass is 9.95. The Bertz CT molecular complexity index is 348. The first-order valence-electron chi connectivity index (χ1n) is 4.90. The van der Waals surface area contributed by atoms with Crippen molar-refractivity contribution >= 4 is 23.2 Å². The van der Waals surface area contributed by atoms with Crippen molar-refractivity contribution in [3.05, 3.63) is 33.8 Å². The number of rotatable bonds is 2. The molecule has 1 heterocycles. The van der Waals surface area contributed by atoms with Gasteiger partial charge in [-0.3, -0.25) is 0 Å². The molecule has 82 valence electrons. The van der Waals surface area contributed by atoms with E-state index in [4.69, 9.17) is 27.9 Å². The van der Waals surface area contributed by atoms with E-state index >= 15 is 0 Å². The van der Waals surface area contributed by atoms with E-state index in [0.717, 1.165) is 6.42 Å². The van der Waals surface area contributed by atoms with E-state index in [1.54, 1.807) is 18.2 Å². The van der Waals surface area contributed by atoms with Crippen LogP contribution < -0.4 is 0 Å². The van der Waals surface area contributed by atoms with Gasteiger partial charge in [-0.25, -0.2) is 0 Å². The monoisotopic (exact) mass is 246 g/mol. The van der Waals surface area contributed by atoms with Gasteiger partial charge in [-0.1, -0.05) is 35.3 Å². The van der Waals surface area contributed by atoms with Crippen molar-refractivity contribution in [3.63, 3.8) is 0 Å². The third-order valence-corrected chi connectivity index (χ3v) is 3.55. The number of halogens is 2. The fraction of sp³-hybridized carbons (Fsp3) is 0.455. The highest BCUT2D eigenvalue weighted by Crippen LogP contribution is 2.35. The molecule has 1 aliphatic rings. The lowest BCUT2D eigenvalue weighted by Gasteiger charge is -2.18. The summed E-state index contributed by atoms with van der Waals surface area (Å²) in [5.41, 5.74) is 0.694. The predicted octanol–water partition coefficient (Wildman–Crippen LogP) is 3.06. The molecule has 0 amide bonds. The van der Waals surface area contributed by atoms with Crippen LogP contribution in [0.4, 0.5) is 0 Å². The zero-order valence-electron chi connectivity index (χ0n) is 8.12. The molecule has 15 heavy (non-hydrogen) atoms. The summed E-state index contributed by atoms with van der Waals surface area (Å²) in [5.74, 6) is 0.126. The summed E-state index contributed by atoms with van der Waals surface area (Å²) in [7, 11) is 0. The van der Waals surface area contributed by atoms with Crippen molar-refractivity contribution in [3.8, 4) is 0 Å². The van der Waals surface area contributed by atoms with Gasteiger partial charge in [0, 0.05) is 18.1 Å². The average Bonchev–Trinajstić information content (AvgIpc) is 2.74. The standard InChI is InChI=1S/C11H12Cl2O2/c12-9-3-1-2-8(10(9)13)11(14)7-4-5-15-6-7/h1-3,7,11,14H,4-6H2. The molecule has 4 heteroatoms. The normalized spacial score (nSPS) is 23.0. The molecule has 0 spiro atoms. The lowest BCUT2D eigenvalue weighted by molar-refractivity contribution is 0.0919. The van der Waals surface area contributed by atoms with E-state index in [1.165, 1.54) is 0 Å². The SMILES string of the molecule is OC(c1cccc(Cl)c1Cl)C1CCOC1. The Kier molecular flexibility index (Phi) is 3.52. The summed E-state index contributed by atoms with van der Waals surface area (Å²) in [6, 6.07) is 5.31. The third kappa shape index (κ3) is 2.28. The molecule has 0 bridgehead atoms. The molecule has 1 fully saturated rings. The van der Waals surface area contributed by atoms with Gasteiger partial charge in [-0.2, -0.15) is 0 Å². The van der Waals surface area contributed by atoms with Crippen molar-refractivity contribution < 1.29 is 9.84 Å². The summed E-state index contributed by atoms with van der Waals surface area (Å²) < 4.78 is 5.23. The highest BCUT2D eigenvalue weighted by atomic mass is 35.5. The molecular weight excluding hydrogens is 235 g/mol. The first kappa shape index (κ1) is 11.2. The van der Waals surface area contributed by atoms with Gasteiger partial charge < -0.3 is 9.84 Å². The summed E-state index contributed by atoms with van der Waals surface area (Å²) in [4.78, 5) is 0. The molecule has 2 unspecified atom stereocenters. The first-order chi connectivity index (χ1) is 7.20. The van der Waals surface area contributed by atoms with E-state index in [2.05, 4.69) is 0 Å². The number of hydrogen-bond donors (Lipinski definition) is 1. The molecule has 2 atom stereocenters. The Morgan fingerprint density at radius 2 is 2.20 bits per heavy atom. The van der Waals surface area contributed by atoms with Crippen LogP contribution in [0.5, 0.6) is 0 Å². The molecule has 2 rings (SSSR count). The quantitative estimate of drug-likeness (QED) is 0.870. The van der Waals surface area contributed by atoms with Crippen LogP contribution in [0.15, 0.2) is 18.2 Å². The van der Waals surface area contributed by atoms with Crippen LogP contribution >= 0.6 is 23.2 Å². The zero-order valence-corrected chi connectivity index (χ0v) is 9.63. The van der Waals surface area contributed by atoms with Gasteiger partial charge in [-0.15, -0.1) is 0 Å². The number of ether oxygens (including phenoxy) is 1. The zero-order chi connectivity index (χ0) is 10.8. The summed E-state index contributed by atoms with van der Waals surface area (Å²) in [6.07, 6.45) is 0.281. The summed E-state index contributed by atoms with van der Waals surface area (Å²) in [5, 5.41) is 11.0. The van der Waals surface area contributed by atoms with Crippen molar-refractivity contribution in [2.75, 3.05) is 13.2 Å². The maximum Gasteiger partial charge on any atom is 0.0855 e. The number of aliphatic hydroxyl groups is 1. The molecule has 1 aromatic rings. The minimum atomic E-state index is -0.585. The Balaban J connectivity index is 2.24. The van der Waals surface area contributed by atoms with Gasteiger partial charge >= 0.3 is 0 Å². The molecule has 0 radical (unpaired) electrons. The molecule has 1 aromatic carbocycles. The molecule has 2 nitrogen and oxygen atoms in total. The summed E-state index contributed by atoms with van der Waals surface area (Å²) >= 11 is 11.9. The lowest BCUT2D eigenvalue weighted by Crippen LogP contribution is -2.12. The van der Waals surface area contributed by atoms with E-state index in [-0.39, 0.29) is 5.92 Å². The largest absolute Gasteiger partial charge is 0.388 e. The second-order valence-electron chi connectivity index (χ2n) is 3.71. The van der Waals surface area contributed by atoms with E-state index in [0.29, 0.717) is 28.8 Å². The van der Waals surface area contributed by atoms with Gasteiger partial charge in [0.1, 0.15) is 0 Å². The second kappa shape index (κ2) is 4.71. The highest BCUT2D eigenvalue weighted by molar-refractivity contribution is 6.42. The van der Waals surface area contributed by atoms with Crippen LogP contribution in [0.25, 0.3) is 0 Å². The molecule has 1 saturated heterocycles. The third-order valence-electron chi connectivity index (χ3n) is 2.71. The predicted molar refractivity (Wildman–Crippen MR) is 60.3 cm³/mol. The fourth-order valence-electron chi connectivity index (χ4n) is 1.80. The molecular formula is C11H12Cl2O2. The fourth-order valence-corrected chi connectivity index (χ4v) is 2.22. The Labute approximate surface area is 98.8 Å². The van der Waals surface area contributed by atoms with Crippen LogP contribution in [0.1, 0.15) is 18.1 Å². The van der Waals surface area contributed by atoms with E-state index in [9.17, 15) is 5.11 Å². The maximum atomic E-state index is 10.1. The Hall–Kier alpha value is -0.280. The molecule has 0 aliphatic carbocycles. The number of aliphatic hydroxyl groups excluding tert-OH is 1. The molecule has 1 aliphatic heterocycles. The summed E-state index contributed by atoms with van der Waals surface area (Å²) in [6.45, 7) is 1.30. The average molecular weight is 247 g/mol. The van der Waals surface area contributed by atoms with Crippen molar-refractivity contribution in [1.82, 2.24) is 0 Å². The van der Waals surface area contributed by atoms with Crippen LogP contribution in [0, 0.1) is 5.92 Å². The van der Waals surface area contributed by atoms with Crippen molar-refractivity contribution in [2.24, 2.45) is 5.92 Å². The molecule has 1 N–H and O–H groups in total. The molecule has 0 aromatic heterocycles. The van der Waals surface area contributed by atoms with Gasteiger partial charge in [0.15, 0.2) is 0 Å². The van der Waals surface area contributed by atoms with Crippen molar-refractivity contribution in [2.45, 2.75) is 12.5 Å². The van der Waals surface area contributed by atoms with Crippen LogP contribution in [0.3, 0.4) is 0 Å². The van der Waals surface area contributed by atoms with E-state index in [1.807, 2.05) is 0 Å². The minimum absolute atomic E-state index is 0.126. The Morgan fingerprint density at radius 1 is 1.40 bits per heavy atom. The van der Waals surface area contributed by atoms with Gasteiger partial charge in [-0.05, 0) is 12.5 Å². The van der Waals surface area contributed by atoms with Crippen LogP contribution in [-0.4, -0.2) is 18.3 Å². The maximum absolute atomic E-state index is 10.1. The minimum Gasteiger partial charge on any atom is -0.388 e. The topological polar surface area (TPSA) is 29.5 Å². The highest BCUT2D eigenvalue weighted by Gasteiger charge is 2.27. The Morgan fingerprint density at radius 3 is 2.87 bits per heavy atom. The van der Waals surface area contributed by atoms with Crippen LogP contribution in [0.2, 0.25) is 10.0 Å². The smallest absolute Gasteiger partial charge is 0.0855 e. The van der Waals surface area contributed by atoms with Gasteiger partial charge in [0.05, 0.1) is 22.8 Å². The van der Waals surface area contributed by atoms with Gasteiger partial charge in [0.2, 0.25) is 0 Å². The number of hydrogen-bond acceptors (Lipinski definition) is 2.